The SMILES string of the molecule is NC(=O)Cn1cc(NCc2ccc3c(c2)OCCO3)cn1. The molecule has 0 spiro atoms. The van der Waals surface area contributed by atoms with E-state index in [1.807, 2.05) is 18.2 Å². The van der Waals surface area contributed by atoms with Gasteiger partial charge in [0.05, 0.1) is 11.9 Å². The summed E-state index contributed by atoms with van der Waals surface area (Å²) in [6.45, 7) is 1.86. The Hall–Kier alpha value is -2.70. The summed E-state index contributed by atoms with van der Waals surface area (Å²) in [6, 6.07) is 5.84. The second-order valence-electron chi connectivity index (χ2n) is 4.72. The number of hydrogen-bond donors (Lipinski definition) is 2. The Bertz CT molecular complexity index is 653. The van der Waals surface area contributed by atoms with E-state index in [-0.39, 0.29) is 6.54 Å². The first-order valence-electron chi connectivity index (χ1n) is 6.64. The van der Waals surface area contributed by atoms with E-state index in [1.54, 1.807) is 12.4 Å². The molecule has 0 bridgehead atoms. The molecular weight excluding hydrogens is 272 g/mol. The van der Waals surface area contributed by atoms with Gasteiger partial charge in [0, 0.05) is 12.7 Å². The molecule has 2 heterocycles. The molecule has 1 aliphatic heterocycles. The molecule has 0 saturated heterocycles. The Morgan fingerprint density at radius 1 is 1.33 bits per heavy atom. The molecule has 1 aromatic heterocycles. The number of aromatic nitrogens is 2. The van der Waals surface area contributed by atoms with Crippen molar-refractivity contribution in [1.29, 1.82) is 0 Å². The lowest BCUT2D eigenvalue weighted by Gasteiger charge is -2.18. The summed E-state index contributed by atoms with van der Waals surface area (Å²) in [5, 5.41) is 7.28. The molecule has 21 heavy (non-hydrogen) atoms. The van der Waals surface area contributed by atoms with Gasteiger partial charge < -0.3 is 20.5 Å². The first-order valence-corrected chi connectivity index (χ1v) is 6.64. The lowest BCUT2D eigenvalue weighted by molar-refractivity contribution is -0.118. The van der Waals surface area contributed by atoms with E-state index >= 15 is 0 Å². The minimum atomic E-state index is -0.420. The normalized spacial score (nSPS) is 13.0. The zero-order valence-corrected chi connectivity index (χ0v) is 11.4. The van der Waals surface area contributed by atoms with Crippen LogP contribution in [0.25, 0.3) is 0 Å². The van der Waals surface area contributed by atoms with Crippen molar-refractivity contribution in [2.24, 2.45) is 5.73 Å². The fourth-order valence-corrected chi connectivity index (χ4v) is 2.10. The van der Waals surface area contributed by atoms with Crippen molar-refractivity contribution < 1.29 is 14.3 Å². The van der Waals surface area contributed by atoms with Crippen molar-refractivity contribution in [2.75, 3.05) is 18.5 Å². The number of primary amides is 1. The molecule has 7 nitrogen and oxygen atoms in total. The van der Waals surface area contributed by atoms with Gasteiger partial charge >= 0.3 is 0 Å². The van der Waals surface area contributed by atoms with Gasteiger partial charge in [-0.3, -0.25) is 9.48 Å². The summed E-state index contributed by atoms with van der Waals surface area (Å²) in [5.41, 5.74) is 7.01. The number of fused-ring (bicyclic) bond motifs is 1. The van der Waals surface area contributed by atoms with Crippen molar-refractivity contribution in [2.45, 2.75) is 13.1 Å². The van der Waals surface area contributed by atoms with Crippen LogP contribution < -0.4 is 20.5 Å². The van der Waals surface area contributed by atoms with E-state index in [9.17, 15) is 4.79 Å². The monoisotopic (exact) mass is 288 g/mol. The van der Waals surface area contributed by atoms with Crippen LogP contribution in [-0.2, 0) is 17.9 Å². The number of anilines is 1. The van der Waals surface area contributed by atoms with Crippen LogP contribution in [0, 0.1) is 0 Å². The summed E-state index contributed by atoms with van der Waals surface area (Å²) < 4.78 is 12.5. The van der Waals surface area contributed by atoms with Gasteiger partial charge in [-0.2, -0.15) is 5.10 Å². The third-order valence-electron chi connectivity index (χ3n) is 3.05. The maximum atomic E-state index is 10.8. The highest BCUT2D eigenvalue weighted by atomic mass is 16.6. The van der Waals surface area contributed by atoms with Gasteiger partial charge in [0.1, 0.15) is 19.8 Å². The predicted molar refractivity (Wildman–Crippen MR) is 76.2 cm³/mol. The van der Waals surface area contributed by atoms with Crippen molar-refractivity contribution in [3.05, 3.63) is 36.2 Å². The quantitative estimate of drug-likeness (QED) is 0.847. The predicted octanol–water partition coefficient (Wildman–Crippen LogP) is 0.752. The maximum absolute atomic E-state index is 10.8. The number of rotatable bonds is 5. The summed E-state index contributed by atoms with van der Waals surface area (Å²) in [5.74, 6) is 1.13. The Kier molecular flexibility index (Phi) is 3.63. The van der Waals surface area contributed by atoms with E-state index in [2.05, 4.69) is 10.4 Å². The van der Waals surface area contributed by atoms with Gasteiger partial charge in [-0.05, 0) is 17.7 Å². The minimum Gasteiger partial charge on any atom is -0.486 e. The van der Waals surface area contributed by atoms with Crippen molar-refractivity contribution >= 4 is 11.6 Å². The van der Waals surface area contributed by atoms with Crippen LogP contribution in [0.4, 0.5) is 5.69 Å². The Morgan fingerprint density at radius 3 is 2.95 bits per heavy atom. The van der Waals surface area contributed by atoms with Crippen LogP contribution >= 0.6 is 0 Å². The molecule has 0 fully saturated rings. The molecule has 110 valence electrons. The van der Waals surface area contributed by atoms with Gasteiger partial charge in [-0.25, -0.2) is 0 Å². The first-order chi connectivity index (χ1) is 10.2. The van der Waals surface area contributed by atoms with Crippen LogP contribution in [0.15, 0.2) is 30.6 Å². The second kappa shape index (κ2) is 5.74. The largest absolute Gasteiger partial charge is 0.486 e. The fourth-order valence-electron chi connectivity index (χ4n) is 2.10. The number of nitrogens with zero attached hydrogens (tertiary/aromatic N) is 2. The Labute approximate surface area is 121 Å². The number of benzene rings is 1. The number of nitrogens with one attached hydrogen (secondary N) is 1. The number of amides is 1. The summed E-state index contributed by atoms with van der Waals surface area (Å²) in [6.07, 6.45) is 3.39. The molecule has 0 saturated carbocycles. The summed E-state index contributed by atoms with van der Waals surface area (Å²) in [4.78, 5) is 10.8. The van der Waals surface area contributed by atoms with Crippen LogP contribution in [0.1, 0.15) is 5.56 Å². The van der Waals surface area contributed by atoms with Crippen molar-refractivity contribution in [1.82, 2.24) is 9.78 Å². The van der Waals surface area contributed by atoms with Crippen LogP contribution in [-0.4, -0.2) is 28.9 Å². The highest BCUT2D eigenvalue weighted by Crippen LogP contribution is 2.30. The van der Waals surface area contributed by atoms with Crippen molar-refractivity contribution in [3.8, 4) is 11.5 Å². The Balaban J connectivity index is 1.62. The van der Waals surface area contributed by atoms with Gasteiger partial charge in [-0.1, -0.05) is 6.07 Å². The number of carbonyl (C=O) groups is 1. The van der Waals surface area contributed by atoms with Crippen LogP contribution in [0.2, 0.25) is 0 Å². The van der Waals surface area contributed by atoms with E-state index < -0.39 is 5.91 Å². The van der Waals surface area contributed by atoms with Gasteiger partial charge in [0.15, 0.2) is 11.5 Å². The molecule has 2 aromatic rings. The number of nitrogens with two attached hydrogens (primary N) is 1. The molecule has 3 rings (SSSR count). The van der Waals surface area contributed by atoms with Gasteiger partial charge in [0.2, 0.25) is 5.91 Å². The molecule has 3 N–H and O–H groups in total. The molecule has 0 unspecified atom stereocenters. The topological polar surface area (TPSA) is 91.4 Å². The minimum absolute atomic E-state index is 0.0751. The average Bonchev–Trinajstić information content (AvgIpc) is 2.91. The van der Waals surface area contributed by atoms with Gasteiger partial charge in [0.25, 0.3) is 0 Å². The fraction of sp³-hybridized carbons (Fsp3) is 0.286. The lowest BCUT2D eigenvalue weighted by Crippen LogP contribution is -2.18. The van der Waals surface area contributed by atoms with Gasteiger partial charge in [-0.15, -0.1) is 0 Å². The molecule has 0 atom stereocenters. The highest BCUT2D eigenvalue weighted by molar-refractivity contribution is 5.73. The standard InChI is InChI=1S/C14H16N4O3/c15-14(19)9-18-8-11(7-17-18)16-6-10-1-2-12-13(5-10)21-4-3-20-12/h1-2,5,7-8,16H,3-4,6,9H2,(H2,15,19). The van der Waals surface area contributed by atoms with Crippen molar-refractivity contribution in [3.63, 3.8) is 0 Å². The molecule has 1 aliphatic rings. The summed E-state index contributed by atoms with van der Waals surface area (Å²) in [7, 11) is 0. The van der Waals surface area contributed by atoms with E-state index in [0.717, 1.165) is 22.7 Å². The molecule has 1 amide bonds. The zero-order valence-electron chi connectivity index (χ0n) is 11.4. The number of hydrogen-bond acceptors (Lipinski definition) is 5. The number of carbonyl (C=O) groups excluding carboxylic acids is 1. The second-order valence-corrected chi connectivity index (χ2v) is 4.72. The molecule has 0 radical (unpaired) electrons. The highest BCUT2D eigenvalue weighted by Gasteiger charge is 2.11. The van der Waals surface area contributed by atoms with E-state index in [0.29, 0.717) is 19.8 Å². The average molecular weight is 288 g/mol. The molecular formula is C14H16N4O3. The smallest absolute Gasteiger partial charge is 0.239 e. The summed E-state index contributed by atoms with van der Waals surface area (Å²) >= 11 is 0. The maximum Gasteiger partial charge on any atom is 0.239 e. The third-order valence-corrected chi connectivity index (χ3v) is 3.05. The third kappa shape index (κ3) is 3.25. The first kappa shape index (κ1) is 13.3. The molecule has 1 aromatic carbocycles. The van der Waals surface area contributed by atoms with E-state index in [1.165, 1.54) is 4.68 Å². The zero-order chi connectivity index (χ0) is 14.7. The van der Waals surface area contributed by atoms with Crippen LogP contribution in [0.3, 0.4) is 0 Å². The molecule has 7 heteroatoms. The lowest BCUT2D eigenvalue weighted by atomic mass is 10.2. The van der Waals surface area contributed by atoms with Crippen LogP contribution in [0.5, 0.6) is 11.5 Å². The molecule has 0 aliphatic carbocycles. The Morgan fingerprint density at radius 2 is 2.14 bits per heavy atom. The number of ether oxygens (including phenoxy) is 2. The van der Waals surface area contributed by atoms with E-state index in [4.69, 9.17) is 15.2 Å².